The number of benzene rings is 4. The molecule has 0 aliphatic carbocycles. The molecule has 0 bridgehead atoms. The standard InChI is InChI=1S/C51H74N6O3Si/c1-7-13-17-25-39(10-4)46-33-22-28-42(49(46)58)36-52-55-61(45-31-20-16-21-32-45,56-53-37-43-29-23-34-47(50(43)59)40(11-5)26-18-14-8-2)57-54-38-44-30-24-35-48(51(44)60)41(12-6)27-19-15-9-3/h16,20-24,28-35,39-41,58-60H,7-15,17-19,25-27,36-38H2,1-6H3. The molecule has 0 aliphatic rings. The highest BCUT2D eigenvalue weighted by molar-refractivity contribution is 6.86. The van der Waals surface area contributed by atoms with Crippen molar-refractivity contribution in [3.63, 3.8) is 0 Å². The highest BCUT2D eigenvalue weighted by Gasteiger charge is 2.40. The highest BCUT2D eigenvalue weighted by Crippen LogP contribution is 2.38. The van der Waals surface area contributed by atoms with Crippen molar-refractivity contribution in [1.82, 2.24) is 0 Å². The number of phenols is 3. The molecule has 0 aromatic heterocycles. The third-order valence-electron chi connectivity index (χ3n) is 12.2. The van der Waals surface area contributed by atoms with Gasteiger partial charge in [-0.3, -0.25) is 0 Å². The first-order valence-corrected chi connectivity index (χ1v) is 25.2. The first-order chi connectivity index (χ1) is 29.8. The minimum Gasteiger partial charge on any atom is -0.507 e. The molecular weight excluding hydrogens is 773 g/mol. The zero-order valence-corrected chi connectivity index (χ0v) is 39.1. The molecule has 0 spiro atoms. The molecule has 4 aromatic rings. The maximum Gasteiger partial charge on any atom is 0.524 e. The van der Waals surface area contributed by atoms with Crippen molar-refractivity contribution in [3.8, 4) is 17.2 Å². The maximum absolute atomic E-state index is 11.5. The average Bonchev–Trinajstić information content (AvgIpc) is 3.28. The normalized spacial score (nSPS) is 14.5. The van der Waals surface area contributed by atoms with Crippen LogP contribution in [0.2, 0.25) is 0 Å². The van der Waals surface area contributed by atoms with Gasteiger partial charge in [0, 0.05) is 21.9 Å². The minimum absolute atomic E-state index is 0.135. The summed E-state index contributed by atoms with van der Waals surface area (Å²) in [6.07, 6.45) is 16.3. The van der Waals surface area contributed by atoms with Gasteiger partial charge in [0.05, 0.1) is 19.6 Å². The number of hydrogen-bond donors (Lipinski definition) is 3. The molecule has 3 atom stereocenters. The van der Waals surface area contributed by atoms with Gasteiger partial charge in [-0.15, -0.1) is 0 Å². The van der Waals surface area contributed by atoms with Gasteiger partial charge in [0.2, 0.25) is 0 Å². The van der Waals surface area contributed by atoms with E-state index in [0.29, 0.717) is 16.7 Å². The summed E-state index contributed by atoms with van der Waals surface area (Å²) in [5, 5.41) is 49.5. The Morgan fingerprint density at radius 3 is 1.03 bits per heavy atom. The van der Waals surface area contributed by atoms with Crippen LogP contribution in [0.15, 0.2) is 115 Å². The number of aromatic hydroxyl groups is 3. The molecule has 9 nitrogen and oxygen atoms in total. The van der Waals surface area contributed by atoms with E-state index in [9.17, 15) is 15.3 Å². The van der Waals surface area contributed by atoms with Crippen molar-refractivity contribution < 1.29 is 15.3 Å². The van der Waals surface area contributed by atoms with E-state index in [-0.39, 0.29) is 54.6 Å². The summed E-state index contributed by atoms with van der Waals surface area (Å²) >= 11 is 0. The van der Waals surface area contributed by atoms with Crippen LogP contribution in [0, 0.1) is 0 Å². The molecule has 0 radical (unpaired) electrons. The van der Waals surface area contributed by atoms with Gasteiger partial charge in [-0.1, -0.05) is 184 Å². The number of para-hydroxylation sites is 3. The second-order valence-corrected chi connectivity index (χ2v) is 19.0. The summed E-state index contributed by atoms with van der Waals surface area (Å²) in [5.41, 5.74) is 4.93. The summed E-state index contributed by atoms with van der Waals surface area (Å²) in [5.74, 6) is 1.60. The molecule has 4 rings (SSSR count). The van der Waals surface area contributed by atoms with Crippen LogP contribution >= 0.6 is 0 Å². The summed E-state index contributed by atoms with van der Waals surface area (Å²) in [6, 6.07) is 27.4. The first-order valence-electron chi connectivity index (χ1n) is 23.4. The second kappa shape index (κ2) is 26.6. The molecule has 4 aromatic carbocycles. The quantitative estimate of drug-likeness (QED) is 0.0298. The van der Waals surface area contributed by atoms with Gasteiger partial charge >= 0.3 is 8.56 Å². The van der Waals surface area contributed by atoms with Crippen LogP contribution < -0.4 is 5.19 Å². The lowest BCUT2D eigenvalue weighted by atomic mass is 9.89. The molecule has 3 N–H and O–H groups in total. The fourth-order valence-electron chi connectivity index (χ4n) is 8.39. The third-order valence-corrected chi connectivity index (χ3v) is 14.6. The molecule has 0 aliphatic heterocycles. The Morgan fingerprint density at radius 2 is 0.738 bits per heavy atom. The smallest absolute Gasteiger partial charge is 0.507 e. The molecule has 0 heterocycles. The summed E-state index contributed by atoms with van der Waals surface area (Å²) in [7, 11) is -3.75. The fraction of sp³-hybridized carbons (Fsp3) is 0.529. The Hall–Kier alpha value is -4.70. The van der Waals surface area contributed by atoms with Gasteiger partial charge in [0.1, 0.15) is 17.2 Å². The first kappa shape index (κ1) is 49.0. The molecule has 0 saturated carbocycles. The van der Waals surface area contributed by atoms with E-state index >= 15 is 0 Å². The van der Waals surface area contributed by atoms with Crippen LogP contribution in [-0.4, -0.2) is 23.9 Å². The van der Waals surface area contributed by atoms with Crippen molar-refractivity contribution in [2.24, 2.45) is 29.7 Å². The average molecular weight is 847 g/mol. The van der Waals surface area contributed by atoms with Crippen LogP contribution in [0.3, 0.4) is 0 Å². The van der Waals surface area contributed by atoms with Crippen molar-refractivity contribution in [2.45, 2.75) is 175 Å². The van der Waals surface area contributed by atoms with E-state index in [1.54, 1.807) is 0 Å². The Labute approximate surface area is 368 Å². The van der Waals surface area contributed by atoms with E-state index in [1.165, 1.54) is 19.3 Å². The third kappa shape index (κ3) is 14.2. The Morgan fingerprint density at radius 1 is 0.410 bits per heavy atom. The predicted molar refractivity (Wildman–Crippen MR) is 253 cm³/mol. The number of hydrogen-bond acceptors (Lipinski definition) is 9. The lowest BCUT2D eigenvalue weighted by molar-refractivity contribution is 0.444. The Bertz CT molecular complexity index is 1780. The van der Waals surface area contributed by atoms with E-state index < -0.39 is 8.56 Å². The number of rotatable bonds is 28. The van der Waals surface area contributed by atoms with Crippen molar-refractivity contribution in [2.75, 3.05) is 0 Å². The molecule has 0 amide bonds. The largest absolute Gasteiger partial charge is 0.524 e. The molecule has 61 heavy (non-hydrogen) atoms. The molecule has 0 saturated heterocycles. The van der Waals surface area contributed by atoms with E-state index in [1.807, 2.05) is 84.9 Å². The molecule has 0 fully saturated rings. The summed E-state index contributed by atoms with van der Waals surface area (Å²) < 4.78 is 14.8. The van der Waals surface area contributed by atoms with Crippen LogP contribution in [0.4, 0.5) is 0 Å². The monoisotopic (exact) mass is 847 g/mol. The van der Waals surface area contributed by atoms with Gasteiger partial charge < -0.3 is 15.3 Å². The molecule has 330 valence electrons. The van der Waals surface area contributed by atoms with Gasteiger partial charge in [-0.2, -0.15) is 29.7 Å². The van der Waals surface area contributed by atoms with Gasteiger partial charge in [-0.05, 0) is 73.0 Å². The predicted octanol–water partition coefficient (Wildman–Crippen LogP) is 15.1. The Balaban J connectivity index is 1.75. The Kier molecular flexibility index (Phi) is 21.3. The lowest BCUT2D eigenvalue weighted by Gasteiger charge is -2.19. The zero-order chi connectivity index (χ0) is 43.9. The van der Waals surface area contributed by atoms with Crippen LogP contribution in [-0.2, 0) is 19.6 Å². The number of unbranched alkanes of at least 4 members (excludes halogenated alkanes) is 6. The van der Waals surface area contributed by atoms with Crippen molar-refractivity contribution >= 4 is 13.7 Å². The number of phenolic OH excluding ortho intramolecular Hbond substituents is 3. The van der Waals surface area contributed by atoms with Crippen LogP contribution in [0.25, 0.3) is 0 Å². The summed E-state index contributed by atoms with van der Waals surface area (Å²) in [4.78, 5) is 0. The minimum atomic E-state index is -3.75. The molecule has 10 heteroatoms. The van der Waals surface area contributed by atoms with Gasteiger partial charge in [0.25, 0.3) is 0 Å². The van der Waals surface area contributed by atoms with Crippen LogP contribution in [0.1, 0.15) is 189 Å². The van der Waals surface area contributed by atoms with Crippen LogP contribution in [0.5, 0.6) is 17.2 Å². The van der Waals surface area contributed by atoms with E-state index in [0.717, 1.165) is 98.9 Å². The number of nitrogens with zero attached hydrogens (tertiary/aromatic N) is 6. The molecule has 3 unspecified atom stereocenters. The fourth-order valence-corrected chi connectivity index (χ4v) is 10.3. The van der Waals surface area contributed by atoms with E-state index in [2.05, 4.69) is 41.5 Å². The van der Waals surface area contributed by atoms with E-state index in [4.69, 9.17) is 29.7 Å². The van der Waals surface area contributed by atoms with Gasteiger partial charge in [0.15, 0.2) is 0 Å². The van der Waals surface area contributed by atoms with Crippen molar-refractivity contribution in [3.05, 3.63) is 118 Å². The second-order valence-electron chi connectivity index (χ2n) is 16.6. The maximum atomic E-state index is 11.5. The topological polar surface area (TPSA) is 135 Å². The summed E-state index contributed by atoms with van der Waals surface area (Å²) in [6.45, 7) is 13.6. The molecular formula is C51H74N6O3Si. The SMILES string of the molecule is CCCCCC(CC)c1cccc(CN=N[Si](N=NCc2cccc(C(CC)CCCCC)c2O)(N=NCc2cccc(C(CC)CCCCC)c2O)c2ccccc2)c1O. The highest BCUT2D eigenvalue weighted by atomic mass is 28.4. The van der Waals surface area contributed by atoms with Gasteiger partial charge in [-0.25, -0.2) is 0 Å². The lowest BCUT2D eigenvalue weighted by Crippen LogP contribution is -2.42. The van der Waals surface area contributed by atoms with Crippen molar-refractivity contribution in [1.29, 1.82) is 0 Å². The zero-order valence-electron chi connectivity index (χ0n) is 38.1.